The van der Waals surface area contributed by atoms with Crippen LogP contribution in [-0.2, 0) is 0 Å². The summed E-state index contributed by atoms with van der Waals surface area (Å²) in [4.78, 5) is 8.56. The molecule has 0 bridgehead atoms. The average Bonchev–Trinajstić information content (AvgIpc) is 2.13. The molecule has 3 nitrogen and oxygen atoms in total. The number of nitrogen functional groups attached to an aromatic ring is 1. The number of hydrogen-bond acceptors (Lipinski definition) is 3. The average molecular weight is 291 g/mol. The maximum absolute atomic E-state index is 5.71. The van der Waals surface area contributed by atoms with E-state index in [1.54, 1.807) is 6.20 Å². The molecule has 13 heavy (non-hydrogen) atoms. The van der Waals surface area contributed by atoms with Gasteiger partial charge in [0.05, 0.1) is 3.57 Å². The van der Waals surface area contributed by atoms with Gasteiger partial charge in [0.2, 0.25) is 0 Å². The number of halogens is 1. The molecule has 0 unspecified atom stereocenters. The number of nitrogens with two attached hydrogens (primary N) is 1. The Balaban J connectivity index is 2.95. The number of hydrogen-bond donors (Lipinski definition) is 1. The van der Waals surface area contributed by atoms with Crippen molar-refractivity contribution in [1.29, 1.82) is 0 Å². The number of anilines is 1. The molecule has 0 fully saturated rings. The topological polar surface area (TPSA) is 51.8 Å². The van der Waals surface area contributed by atoms with Crippen LogP contribution in [0.15, 0.2) is 6.20 Å². The molecule has 0 saturated heterocycles. The molecule has 0 atom stereocenters. The maximum atomic E-state index is 5.71. The normalized spacial score (nSPS) is 10.8. The molecule has 1 heterocycles. The summed E-state index contributed by atoms with van der Waals surface area (Å²) in [5, 5.41) is 0. The zero-order valence-corrected chi connectivity index (χ0v) is 10.1. The van der Waals surface area contributed by atoms with Gasteiger partial charge in [-0.25, -0.2) is 9.97 Å². The molecular weight excluding hydrogens is 277 g/mol. The van der Waals surface area contributed by atoms with Crippen LogP contribution in [0.2, 0.25) is 0 Å². The van der Waals surface area contributed by atoms with E-state index >= 15 is 0 Å². The molecule has 1 aromatic rings. The summed E-state index contributed by atoms with van der Waals surface area (Å²) < 4.78 is 0.923. The van der Waals surface area contributed by atoms with Crippen molar-refractivity contribution in [1.82, 2.24) is 9.97 Å². The minimum atomic E-state index is 0.444. The maximum Gasteiger partial charge on any atom is 0.140 e. The predicted molar refractivity (Wildman–Crippen MR) is 62.5 cm³/mol. The Labute approximate surface area is 92.3 Å². The molecule has 0 aliphatic carbocycles. The van der Waals surface area contributed by atoms with Crippen LogP contribution >= 0.6 is 22.6 Å². The first-order valence-electron chi connectivity index (χ1n) is 4.46. The van der Waals surface area contributed by atoms with Crippen molar-refractivity contribution in [3.05, 3.63) is 15.6 Å². The quantitative estimate of drug-likeness (QED) is 0.871. The van der Waals surface area contributed by atoms with Crippen molar-refractivity contribution < 1.29 is 0 Å². The first-order valence-corrected chi connectivity index (χ1v) is 5.54. The van der Waals surface area contributed by atoms with Gasteiger partial charge in [0.15, 0.2) is 0 Å². The second kappa shape index (κ2) is 4.74. The predicted octanol–water partition coefficient (Wildman–Crippen LogP) is 2.57. The van der Waals surface area contributed by atoms with Crippen molar-refractivity contribution in [2.75, 3.05) is 5.73 Å². The van der Waals surface area contributed by atoms with Crippen LogP contribution in [0, 0.1) is 3.57 Å². The lowest BCUT2D eigenvalue weighted by Gasteiger charge is -2.10. The van der Waals surface area contributed by atoms with Crippen molar-refractivity contribution in [2.24, 2.45) is 0 Å². The Kier molecular flexibility index (Phi) is 3.90. The van der Waals surface area contributed by atoms with E-state index < -0.39 is 0 Å². The highest BCUT2D eigenvalue weighted by Crippen LogP contribution is 2.21. The summed E-state index contributed by atoms with van der Waals surface area (Å²) in [6.45, 7) is 4.29. The lowest BCUT2D eigenvalue weighted by molar-refractivity contribution is 0.602. The van der Waals surface area contributed by atoms with Gasteiger partial charge in [0, 0.05) is 12.1 Å². The van der Waals surface area contributed by atoms with Crippen molar-refractivity contribution in [2.45, 2.75) is 32.6 Å². The van der Waals surface area contributed by atoms with Crippen molar-refractivity contribution in [3.8, 4) is 0 Å². The molecule has 72 valence electrons. The van der Waals surface area contributed by atoms with E-state index in [1.165, 1.54) is 0 Å². The van der Waals surface area contributed by atoms with E-state index in [4.69, 9.17) is 5.73 Å². The van der Waals surface area contributed by atoms with Gasteiger partial charge in [-0.15, -0.1) is 0 Å². The summed E-state index contributed by atoms with van der Waals surface area (Å²) in [6.07, 6.45) is 3.92. The van der Waals surface area contributed by atoms with Crippen LogP contribution in [0.25, 0.3) is 0 Å². The van der Waals surface area contributed by atoms with Crippen molar-refractivity contribution >= 4 is 28.4 Å². The van der Waals surface area contributed by atoms with Gasteiger partial charge in [0.1, 0.15) is 11.6 Å². The molecule has 0 aliphatic rings. The minimum Gasteiger partial charge on any atom is -0.383 e. The first kappa shape index (κ1) is 10.7. The Hall–Kier alpha value is -0.390. The van der Waals surface area contributed by atoms with Gasteiger partial charge in [-0.3, -0.25) is 0 Å². The lowest BCUT2D eigenvalue weighted by atomic mass is 10.0. The van der Waals surface area contributed by atoms with E-state index in [0.717, 1.165) is 22.2 Å². The van der Waals surface area contributed by atoms with Crippen LogP contribution in [0.1, 0.15) is 38.4 Å². The van der Waals surface area contributed by atoms with Crippen LogP contribution in [-0.4, -0.2) is 9.97 Å². The van der Waals surface area contributed by atoms with Gasteiger partial charge in [-0.2, -0.15) is 0 Å². The fourth-order valence-electron chi connectivity index (χ4n) is 1.25. The van der Waals surface area contributed by atoms with Gasteiger partial charge in [0.25, 0.3) is 0 Å². The standard InChI is InChI=1S/C9H14IN3/c1-3-6(4-2)9-12-5-7(10)8(11)13-9/h5-6H,3-4H2,1-2H3,(H2,11,12,13). The molecule has 0 saturated carbocycles. The van der Waals surface area contributed by atoms with E-state index in [1.807, 2.05) is 0 Å². The second-order valence-corrected chi connectivity index (χ2v) is 4.14. The SMILES string of the molecule is CCC(CC)c1ncc(I)c(N)n1. The Morgan fingerprint density at radius 3 is 2.54 bits per heavy atom. The van der Waals surface area contributed by atoms with E-state index in [0.29, 0.717) is 11.7 Å². The first-order chi connectivity index (χ1) is 6.19. The van der Waals surface area contributed by atoms with E-state index in [-0.39, 0.29) is 0 Å². The molecule has 1 aromatic heterocycles. The molecular formula is C9H14IN3. The van der Waals surface area contributed by atoms with Crippen LogP contribution in [0.5, 0.6) is 0 Å². The number of aromatic nitrogens is 2. The smallest absolute Gasteiger partial charge is 0.140 e. The molecule has 1 rings (SSSR count). The molecule has 0 aliphatic heterocycles. The van der Waals surface area contributed by atoms with Gasteiger partial charge in [-0.05, 0) is 35.4 Å². The molecule has 0 spiro atoms. The monoisotopic (exact) mass is 291 g/mol. The molecule has 4 heteroatoms. The van der Waals surface area contributed by atoms with Crippen molar-refractivity contribution in [3.63, 3.8) is 0 Å². The molecule has 0 radical (unpaired) electrons. The van der Waals surface area contributed by atoms with Gasteiger partial charge < -0.3 is 5.73 Å². The third-order valence-corrected chi connectivity index (χ3v) is 2.97. The molecule has 0 aromatic carbocycles. The third kappa shape index (κ3) is 2.52. The molecule has 0 amide bonds. The minimum absolute atomic E-state index is 0.444. The van der Waals surface area contributed by atoms with Crippen LogP contribution in [0.4, 0.5) is 5.82 Å². The zero-order valence-electron chi connectivity index (χ0n) is 7.92. The highest BCUT2D eigenvalue weighted by molar-refractivity contribution is 14.1. The fraction of sp³-hybridized carbons (Fsp3) is 0.556. The lowest BCUT2D eigenvalue weighted by Crippen LogP contribution is -2.06. The highest BCUT2D eigenvalue weighted by atomic mass is 127. The zero-order chi connectivity index (χ0) is 9.84. The van der Waals surface area contributed by atoms with Crippen LogP contribution in [0.3, 0.4) is 0 Å². The van der Waals surface area contributed by atoms with Gasteiger partial charge in [-0.1, -0.05) is 13.8 Å². The summed E-state index contributed by atoms with van der Waals surface area (Å²) >= 11 is 2.14. The number of rotatable bonds is 3. The number of nitrogens with zero attached hydrogens (tertiary/aromatic N) is 2. The largest absolute Gasteiger partial charge is 0.383 e. The van der Waals surface area contributed by atoms with Crippen LogP contribution < -0.4 is 5.73 Å². The molecule has 2 N–H and O–H groups in total. The Bertz CT molecular complexity index is 284. The highest BCUT2D eigenvalue weighted by Gasteiger charge is 2.10. The fourth-order valence-corrected chi connectivity index (χ4v) is 1.51. The summed E-state index contributed by atoms with van der Waals surface area (Å²) in [5.74, 6) is 1.92. The second-order valence-electron chi connectivity index (χ2n) is 2.97. The van der Waals surface area contributed by atoms with E-state index in [2.05, 4.69) is 46.4 Å². The Morgan fingerprint density at radius 2 is 2.08 bits per heavy atom. The van der Waals surface area contributed by atoms with E-state index in [9.17, 15) is 0 Å². The summed E-state index contributed by atoms with van der Waals surface area (Å²) in [6, 6.07) is 0. The summed E-state index contributed by atoms with van der Waals surface area (Å²) in [7, 11) is 0. The Morgan fingerprint density at radius 1 is 1.46 bits per heavy atom. The third-order valence-electron chi connectivity index (χ3n) is 2.14. The van der Waals surface area contributed by atoms with Gasteiger partial charge >= 0.3 is 0 Å². The summed E-state index contributed by atoms with van der Waals surface area (Å²) in [5.41, 5.74) is 5.71.